The van der Waals surface area contributed by atoms with Crippen molar-refractivity contribution in [3.63, 3.8) is 0 Å². The Balaban J connectivity index is 1.55. The number of nitrogens with one attached hydrogen (secondary N) is 1. The van der Waals surface area contributed by atoms with E-state index in [1.54, 1.807) is 0 Å². The minimum Gasteiger partial charge on any atom is -0.307 e. The molecule has 0 amide bonds. The van der Waals surface area contributed by atoms with Crippen molar-refractivity contribution in [2.24, 2.45) is 0 Å². The van der Waals surface area contributed by atoms with Gasteiger partial charge in [0.05, 0.1) is 0 Å². The fourth-order valence-corrected chi connectivity index (χ4v) is 4.09. The molecule has 3 atom stereocenters. The minimum atomic E-state index is 0.521. The first-order chi connectivity index (χ1) is 8.33. The molecule has 3 rings (SSSR count). The first-order valence-electron chi connectivity index (χ1n) is 6.86. The lowest BCUT2D eigenvalue weighted by Gasteiger charge is -2.36. The van der Waals surface area contributed by atoms with Gasteiger partial charge in [-0.3, -0.25) is 0 Å². The fourth-order valence-electron chi connectivity index (χ4n) is 3.35. The Labute approximate surface area is 108 Å². The standard InChI is InChI=1S/C14H22N2S/c1-11(14-5-3-9-17-14)15-12-6-8-16-7-2-4-13(16)10-12/h3,5,9,11-13,15H,2,4,6-8,10H2,1H3. The van der Waals surface area contributed by atoms with Gasteiger partial charge >= 0.3 is 0 Å². The number of hydrogen-bond donors (Lipinski definition) is 1. The van der Waals surface area contributed by atoms with Gasteiger partial charge in [-0.2, -0.15) is 0 Å². The summed E-state index contributed by atoms with van der Waals surface area (Å²) in [5.41, 5.74) is 0. The van der Waals surface area contributed by atoms with E-state index in [0.717, 1.165) is 12.1 Å². The Morgan fingerprint density at radius 2 is 2.35 bits per heavy atom. The molecule has 3 unspecified atom stereocenters. The van der Waals surface area contributed by atoms with Crippen LogP contribution in [0.3, 0.4) is 0 Å². The normalized spacial score (nSPS) is 31.4. The van der Waals surface area contributed by atoms with E-state index in [4.69, 9.17) is 0 Å². The number of hydrogen-bond acceptors (Lipinski definition) is 3. The molecule has 0 spiro atoms. The van der Waals surface area contributed by atoms with E-state index in [0.29, 0.717) is 6.04 Å². The maximum Gasteiger partial charge on any atom is 0.0388 e. The molecule has 17 heavy (non-hydrogen) atoms. The summed E-state index contributed by atoms with van der Waals surface area (Å²) in [6, 6.07) is 6.52. The lowest BCUT2D eigenvalue weighted by molar-refractivity contribution is 0.162. The molecule has 0 aromatic carbocycles. The van der Waals surface area contributed by atoms with E-state index in [-0.39, 0.29) is 0 Å². The van der Waals surface area contributed by atoms with Crippen LogP contribution < -0.4 is 5.32 Å². The lowest BCUT2D eigenvalue weighted by atomic mass is 9.97. The Hall–Kier alpha value is -0.380. The number of piperidine rings is 1. The molecule has 2 fully saturated rings. The highest BCUT2D eigenvalue weighted by molar-refractivity contribution is 7.10. The average Bonchev–Trinajstić information content (AvgIpc) is 2.99. The van der Waals surface area contributed by atoms with Crippen molar-refractivity contribution in [2.45, 2.75) is 50.7 Å². The van der Waals surface area contributed by atoms with Crippen LogP contribution in [0.1, 0.15) is 43.5 Å². The summed E-state index contributed by atoms with van der Waals surface area (Å²) in [6.45, 7) is 4.95. The largest absolute Gasteiger partial charge is 0.307 e. The van der Waals surface area contributed by atoms with Crippen LogP contribution in [0.25, 0.3) is 0 Å². The molecule has 1 aromatic rings. The SMILES string of the molecule is CC(NC1CCN2CCCC2C1)c1cccs1. The topological polar surface area (TPSA) is 15.3 Å². The van der Waals surface area contributed by atoms with Crippen molar-refractivity contribution in [2.75, 3.05) is 13.1 Å². The third-order valence-electron chi connectivity index (χ3n) is 4.28. The maximum atomic E-state index is 3.82. The summed E-state index contributed by atoms with van der Waals surface area (Å²) < 4.78 is 0. The molecule has 3 heteroatoms. The van der Waals surface area contributed by atoms with Gasteiger partial charge in [0.15, 0.2) is 0 Å². The van der Waals surface area contributed by atoms with Crippen molar-refractivity contribution >= 4 is 11.3 Å². The van der Waals surface area contributed by atoms with Gasteiger partial charge in [-0.25, -0.2) is 0 Å². The van der Waals surface area contributed by atoms with Gasteiger partial charge in [0.25, 0.3) is 0 Å². The quantitative estimate of drug-likeness (QED) is 0.887. The lowest BCUT2D eigenvalue weighted by Crippen LogP contribution is -2.46. The summed E-state index contributed by atoms with van der Waals surface area (Å²) in [5.74, 6) is 0. The molecule has 0 bridgehead atoms. The molecule has 2 nitrogen and oxygen atoms in total. The van der Waals surface area contributed by atoms with Gasteiger partial charge in [-0.05, 0) is 57.1 Å². The van der Waals surface area contributed by atoms with Crippen LogP contribution in [0.5, 0.6) is 0 Å². The van der Waals surface area contributed by atoms with Gasteiger partial charge in [0.2, 0.25) is 0 Å². The van der Waals surface area contributed by atoms with Crippen molar-refractivity contribution < 1.29 is 0 Å². The Kier molecular flexibility index (Phi) is 3.50. The molecule has 1 N–H and O–H groups in total. The molecule has 2 saturated heterocycles. The predicted octanol–water partition coefficient (Wildman–Crippen LogP) is 3.03. The van der Waals surface area contributed by atoms with Gasteiger partial charge in [0, 0.05) is 23.0 Å². The third kappa shape index (κ3) is 2.56. The molecule has 3 heterocycles. The first kappa shape index (κ1) is 11.7. The monoisotopic (exact) mass is 250 g/mol. The number of thiophene rings is 1. The second-order valence-corrected chi connectivity index (χ2v) is 6.44. The van der Waals surface area contributed by atoms with Gasteiger partial charge < -0.3 is 10.2 Å². The highest BCUT2D eigenvalue weighted by Gasteiger charge is 2.31. The van der Waals surface area contributed by atoms with Crippen LogP contribution in [-0.2, 0) is 0 Å². The van der Waals surface area contributed by atoms with Gasteiger partial charge in [-0.1, -0.05) is 6.07 Å². The molecule has 0 radical (unpaired) electrons. The molecular formula is C14H22N2S. The molecule has 94 valence electrons. The van der Waals surface area contributed by atoms with E-state index in [1.165, 1.54) is 43.6 Å². The van der Waals surface area contributed by atoms with E-state index in [1.807, 2.05) is 11.3 Å². The third-order valence-corrected chi connectivity index (χ3v) is 5.33. The molecule has 1 aromatic heterocycles. The predicted molar refractivity (Wildman–Crippen MR) is 73.5 cm³/mol. The second kappa shape index (κ2) is 5.09. The highest BCUT2D eigenvalue weighted by atomic mass is 32.1. The molecule has 0 saturated carbocycles. The maximum absolute atomic E-state index is 3.82. The number of rotatable bonds is 3. The van der Waals surface area contributed by atoms with Crippen LogP contribution in [0.2, 0.25) is 0 Å². The van der Waals surface area contributed by atoms with E-state index in [2.05, 4.69) is 34.7 Å². The van der Waals surface area contributed by atoms with Crippen molar-refractivity contribution in [3.8, 4) is 0 Å². The number of fused-ring (bicyclic) bond motifs is 1. The van der Waals surface area contributed by atoms with Crippen LogP contribution in [-0.4, -0.2) is 30.1 Å². The molecule has 2 aliphatic heterocycles. The zero-order valence-corrected chi connectivity index (χ0v) is 11.4. The summed E-state index contributed by atoms with van der Waals surface area (Å²) >= 11 is 1.87. The Morgan fingerprint density at radius 3 is 3.18 bits per heavy atom. The zero-order chi connectivity index (χ0) is 11.7. The number of nitrogens with zero attached hydrogens (tertiary/aromatic N) is 1. The van der Waals surface area contributed by atoms with E-state index in [9.17, 15) is 0 Å². The van der Waals surface area contributed by atoms with Crippen LogP contribution in [0.4, 0.5) is 0 Å². The van der Waals surface area contributed by atoms with Gasteiger partial charge in [-0.15, -0.1) is 11.3 Å². The minimum absolute atomic E-state index is 0.521. The smallest absolute Gasteiger partial charge is 0.0388 e. The first-order valence-corrected chi connectivity index (χ1v) is 7.74. The summed E-state index contributed by atoms with van der Waals surface area (Å²) in [6.07, 6.45) is 5.52. The highest BCUT2D eigenvalue weighted by Crippen LogP contribution is 2.28. The average molecular weight is 250 g/mol. The molecule has 2 aliphatic rings. The van der Waals surface area contributed by atoms with Gasteiger partial charge in [0.1, 0.15) is 0 Å². The van der Waals surface area contributed by atoms with Crippen LogP contribution in [0.15, 0.2) is 17.5 Å². The summed E-state index contributed by atoms with van der Waals surface area (Å²) in [5, 5.41) is 5.99. The molecule has 0 aliphatic carbocycles. The van der Waals surface area contributed by atoms with E-state index >= 15 is 0 Å². The van der Waals surface area contributed by atoms with E-state index < -0.39 is 0 Å². The summed E-state index contributed by atoms with van der Waals surface area (Å²) in [7, 11) is 0. The molecular weight excluding hydrogens is 228 g/mol. The van der Waals surface area contributed by atoms with Crippen molar-refractivity contribution in [1.82, 2.24) is 10.2 Å². The Morgan fingerprint density at radius 1 is 1.41 bits per heavy atom. The second-order valence-electron chi connectivity index (χ2n) is 5.46. The Bertz CT molecular complexity index is 349. The van der Waals surface area contributed by atoms with Crippen LogP contribution >= 0.6 is 11.3 Å². The summed E-state index contributed by atoms with van der Waals surface area (Å²) in [4.78, 5) is 4.16. The zero-order valence-electron chi connectivity index (χ0n) is 10.6. The fraction of sp³-hybridized carbons (Fsp3) is 0.714. The van der Waals surface area contributed by atoms with Crippen molar-refractivity contribution in [3.05, 3.63) is 22.4 Å². The van der Waals surface area contributed by atoms with Crippen molar-refractivity contribution in [1.29, 1.82) is 0 Å². The van der Waals surface area contributed by atoms with Crippen LogP contribution in [0, 0.1) is 0 Å².